The van der Waals surface area contributed by atoms with Crippen molar-refractivity contribution in [3.05, 3.63) is 0 Å². The molecule has 0 spiro atoms. The molecule has 0 aromatic heterocycles. The molecule has 0 saturated carbocycles. The molecule has 2 amide bonds. The van der Waals surface area contributed by atoms with Crippen LogP contribution >= 0.6 is 0 Å². The molecule has 0 aromatic rings. The summed E-state index contributed by atoms with van der Waals surface area (Å²) >= 11 is 0. The smallest absolute Gasteiger partial charge is 0.220 e. The minimum absolute atomic E-state index is 0.00457. The maximum atomic E-state index is 12.2. The predicted molar refractivity (Wildman–Crippen MR) is 171 cm³/mol. The predicted octanol–water partition coefficient (Wildman–Crippen LogP) is 10.6. The SMILES string of the molecule is CCCCCCCCCCCCCCCC(=O)NCC(C)NC(=O)CCCCCCCCCCCCCCC. The van der Waals surface area contributed by atoms with Crippen molar-refractivity contribution in [2.75, 3.05) is 6.54 Å². The fourth-order valence-corrected chi connectivity index (χ4v) is 5.36. The van der Waals surface area contributed by atoms with Gasteiger partial charge in [-0.3, -0.25) is 9.59 Å². The molecule has 1 atom stereocenters. The van der Waals surface area contributed by atoms with E-state index in [1.807, 2.05) is 6.92 Å². The van der Waals surface area contributed by atoms with Gasteiger partial charge in [-0.05, 0) is 19.8 Å². The van der Waals surface area contributed by atoms with Crippen LogP contribution in [-0.2, 0) is 9.59 Å². The second kappa shape index (κ2) is 31.5. The summed E-state index contributed by atoms with van der Waals surface area (Å²) in [5.41, 5.74) is 0. The minimum atomic E-state index is -0.00457. The van der Waals surface area contributed by atoms with Crippen molar-refractivity contribution in [3.8, 4) is 0 Å². The second-order valence-electron chi connectivity index (χ2n) is 12.3. The van der Waals surface area contributed by atoms with Crippen LogP contribution in [-0.4, -0.2) is 24.4 Å². The molecule has 2 N–H and O–H groups in total. The van der Waals surface area contributed by atoms with E-state index in [0.717, 1.165) is 25.7 Å². The first-order valence-electron chi connectivity index (χ1n) is 17.7. The van der Waals surface area contributed by atoms with E-state index in [1.54, 1.807) is 0 Å². The monoisotopic (exact) mass is 551 g/mol. The Bertz CT molecular complexity index is 523. The minimum Gasteiger partial charge on any atom is -0.354 e. The van der Waals surface area contributed by atoms with Gasteiger partial charge in [0.25, 0.3) is 0 Å². The average Bonchev–Trinajstić information content (AvgIpc) is 2.92. The van der Waals surface area contributed by atoms with E-state index in [2.05, 4.69) is 24.5 Å². The standard InChI is InChI=1S/C35H70N2O2/c1-4-6-8-10-12-14-16-18-20-22-24-26-28-30-34(38)36-32-33(3)37-35(39)31-29-27-25-23-21-19-17-15-13-11-9-7-5-2/h33H,4-32H2,1-3H3,(H,36,38)(H,37,39). The molecule has 4 heteroatoms. The Morgan fingerprint density at radius 2 is 0.718 bits per heavy atom. The van der Waals surface area contributed by atoms with Crippen molar-refractivity contribution in [1.29, 1.82) is 0 Å². The van der Waals surface area contributed by atoms with Gasteiger partial charge < -0.3 is 10.6 Å². The van der Waals surface area contributed by atoms with Gasteiger partial charge in [0.05, 0.1) is 0 Å². The molecule has 0 aliphatic carbocycles. The Balaban J connectivity index is 3.40. The van der Waals surface area contributed by atoms with Crippen molar-refractivity contribution in [1.82, 2.24) is 10.6 Å². The molecule has 0 saturated heterocycles. The van der Waals surface area contributed by atoms with Crippen molar-refractivity contribution in [3.63, 3.8) is 0 Å². The molecular weight excluding hydrogens is 480 g/mol. The lowest BCUT2D eigenvalue weighted by molar-refractivity contribution is -0.123. The van der Waals surface area contributed by atoms with Crippen LogP contribution in [0, 0.1) is 0 Å². The lowest BCUT2D eigenvalue weighted by atomic mass is 10.0. The molecule has 0 fully saturated rings. The molecule has 0 rings (SSSR count). The number of hydrogen-bond acceptors (Lipinski definition) is 2. The fraction of sp³-hybridized carbons (Fsp3) is 0.943. The molecule has 0 aromatic carbocycles. The zero-order chi connectivity index (χ0) is 28.7. The summed E-state index contributed by atoms with van der Waals surface area (Å²) in [6, 6.07) is -0.00457. The summed E-state index contributed by atoms with van der Waals surface area (Å²) < 4.78 is 0. The molecule has 0 heterocycles. The average molecular weight is 551 g/mol. The van der Waals surface area contributed by atoms with Gasteiger partial charge in [-0.25, -0.2) is 0 Å². The third kappa shape index (κ3) is 31.3. The van der Waals surface area contributed by atoms with Gasteiger partial charge in [-0.15, -0.1) is 0 Å². The Kier molecular flexibility index (Phi) is 30.6. The van der Waals surface area contributed by atoms with Crippen LogP contribution in [0.4, 0.5) is 0 Å². The van der Waals surface area contributed by atoms with Crippen LogP contribution in [0.1, 0.15) is 201 Å². The third-order valence-electron chi connectivity index (χ3n) is 8.03. The van der Waals surface area contributed by atoms with Crippen molar-refractivity contribution >= 4 is 11.8 Å². The first-order chi connectivity index (χ1) is 19.1. The van der Waals surface area contributed by atoms with Crippen LogP contribution in [0.2, 0.25) is 0 Å². The van der Waals surface area contributed by atoms with E-state index >= 15 is 0 Å². The summed E-state index contributed by atoms with van der Waals surface area (Å²) in [5.74, 6) is 0.243. The molecule has 39 heavy (non-hydrogen) atoms. The lowest BCUT2D eigenvalue weighted by Gasteiger charge is -2.15. The highest BCUT2D eigenvalue weighted by molar-refractivity contribution is 5.77. The Morgan fingerprint density at radius 3 is 1.05 bits per heavy atom. The quantitative estimate of drug-likeness (QED) is 0.0843. The number of carbonyl (C=O) groups is 2. The zero-order valence-electron chi connectivity index (χ0n) is 26.9. The first kappa shape index (κ1) is 37.9. The van der Waals surface area contributed by atoms with E-state index in [9.17, 15) is 9.59 Å². The maximum Gasteiger partial charge on any atom is 0.220 e. The van der Waals surface area contributed by atoms with Crippen molar-refractivity contribution in [2.45, 2.75) is 207 Å². The number of nitrogens with one attached hydrogen (secondary N) is 2. The number of unbranched alkanes of at least 4 members (excludes halogenated alkanes) is 24. The van der Waals surface area contributed by atoms with Crippen LogP contribution in [0.25, 0.3) is 0 Å². The molecule has 0 bridgehead atoms. The summed E-state index contributed by atoms with van der Waals surface area (Å²) in [4.78, 5) is 24.3. The maximum absolute atomic E-state index is 12.2. The molecule has 0 radical (unpaired) electrons. The Labute approximate surface area is 245 Å². The van der Waals surface area contributed by atoms with Crippen LogP contribution in [0.15, 0.2) is 0 Å². The number of rotatable bonds is 31. The molecule has 232 valence electrons. The van der Waals surface area contributed by atoms with Gasteiger partial charge in [0.15, 0.2) is 0 Å². The highest BCUT2D eigenvalue weighted by Crippen LogP contribution is 2.14. The van der Waals surface area contributed by atoms with Gasteiger partial charge >= 0.3 is 0 Å². The summed E-state index contributed by atoms with van der Waals surface area (Å²) in [7, 11) is 0. The molecular formula is C35H70N2O2. The molecule has 4 nitrogen and oxygen atoms in total. The van der Waals surface area contributed by atoms with E-state index < -0.39 is 0 Å². The highest BCUT2D eigenvalue weighted by atomic mass is 16.2. The second-order valence-corrected chi connectivity index (χ2v) is 12.3. The first-order valence-corrected chi connectivity index (χ1v) is 17.7. The summed E-state index contributed by atoms with van der Waals surface area (Å²) in [6.45, 7) is 7.06. The van der Waals surface area contributed by atoms with Gasteiger partial charge in [-0.1, -0.05) is 168 Å². The van der Waals surface area contributed by atoms with E-state index in [1.165, 1.54) is 141 Å². The fourth-order valence-electron chi connectivity index (χ4n) is 5.36. The van der Waals surface area contributed by atoms with E-state index in [-0.39, 0.29) is 17.9 Å². The Morgan fingerprint density at radius 1 is 0.436 bits per heavy atom. The lowest BCUT2D eigenvalue weighted by Crippen LogP contribution is -2.41. The Hall–Kier alpha value is -1.06. The normalized spacial score (nSPS) is 12.0. The molecule has 0 aliphatic heterocycles. The third-order valence-corrected chi connectivity index (χ3v) is 8.03. The van der Waals surface area contributed by atoms with Crippen molar-refractivity contribution in [2.24, 2.45) is 0 Å². The molecule has 0 aliphatic rings. The summed E-state index contributed by atoms with van der Waals surface area (Å²) in [5, 5.41) is 6.04. The van der Waals surface area contributed by atoms with E-state index in [4.69, 9.17) is 0 Å². The van der Waals surface area contributed by atoms with Gasteiger partial charge in [0.1, 0.15) is 0 Å². The highest BCUT2D eigenvalue weighted by Gasteiger charge is 2.09. The van der Waals surface area contributed by atoms with Crippen LogP contribution in [0.3, 0.4) is 0 Å². The number of amides is 2. The van der Waals surface area contributed by atoms with Gasteiger partial charge in [-0.2, -0.15) is 0 Å². The van der Waals surface area contributed by atoms with Gasteiger partial charge in [0.2, 0.25) is 11.8 Å². The van der Waals surface area contributed by atoms with E-state index in [0.29, 0.717) is 19.4 Å². The van der Waals surface area contributed by atoms with Crippen molar-refractivity contribution < 1.29 is 9.59 Å². The van der Waals surface area contributed by atoms with Crippen LogP contribution < -0.4 is 10.6 Å². The zero-order valence-corrected chi connectivity index (χ0v) is 26.9. The molecule has 1 unspecified atom stereocenters. The number of carbonyl (C=O) groups excluding carboxylic acids is 2. The largest absolute Gasteiger partial charge is 0.354 e. The summed E-state index contributed by atoms with van der Waals surface area (Å²) in [6.07, 6.45) is 35.5. The van der Waals surface area contributed by atoms with Gasteiger partial charge in [0, 0.05) is 25.4 Å². The topological polar surface area (TPSA) is 58.2 Å². The number of hydrogen-bond donors (Lipinski definition) is 2. The van der Waals surface area contributed by atoms with Crippen LogP contribution in [0.5, 0.6) is 0 Å².